The molecule has 2 aromatic rings. The molecule has 5 heteroatoms. The molecule has 0 bridgehead atoms. The topological polar surface area (TPSA) is 37.3 Å². The maximum Gasteiger partial charge on any atom is 0.417 e. The van der Waals surface area contributed by atoms with Gasteiger partial charge >= 0.3 is 12.1 Å². The van der Waals surface area contributed by atoms with Gasteiger partial charge in [0.25, 0.3) is 0 Å². The molecule has 23 heavy (non-hydrogen) atoms. The van der Waals surface area contributed by atoms with E-state index in [1.165, 1.54) is 18.2 Å². The normalized spacial score (nSPS) is 10.7. The number of hydrogen-bond donors (Lipinski definition) is 1. The lowest BCUT2D eigenvalue weighted by Crippen LogP contribution is -2.07. The number of carbonyl (C=O) groups is 1. The van der Waals surface area contributed by atoms with Crippen molar-refractivity contribution in [2.45, 2.75) is 19.0 Å². The Balaban J connectivity index is 2.18. The predicted molar refractivity (Wildman–Crippen MR) is 79.8 cm³/mol. The lowest BCUT2D eigenvalue weighted by Gasteiger charge is -2.08. The fourth-order valence-electron chi connectivity index (χ4n) is 1.98. The van der Waals surface area contributed by atoms with E-state index in [-0.39, 0.29) is 12.0 Å². The van der Waals surface area contributed by atoms with Crippen LogP contribution >= 0.6 is 0 Å². The number of rotatable bonds is 3. The minimum absolute atomic E-state index is 0.0317. The Morgan fingerprint density at radius 2 is 1.65 bits per heavy atom. The third-order valence-corrected chi connectivity index (χ3v) is 3.16. The largest absolute Gasteiger partial charge is 0.481 e. The van der Waals surface area contributed by atoms with Gasteiger partial charge in [-0.05, 0) is 36.2 Å². The summed E-state index contributed by atoms with van der Waals surface area (Å²) in [5, 5.41) is 8.62. The minimum atomic E-state index is -4.44. The van der Waals surface area contributed by atoms with E-state index in [9.17, 15) is 18.0 Å². The Morgan fingerprint density at radius 3 is 2.26 bits per heavy atom. The molecular weight excluding hydrogens is 305 g/mol. The van der Waals surface area contributed by atoms with Crippen LogP contribution in [0, 0.1) is 11.8 Å². The number of alkyl halides is 3. The van der Waals surface area contributed by atoms with Crippen molar-refractivity contribution in [1.29, 1.82) is 0 Å². The molecule has 0 spiro atoms. The number of carboxylic acid groups (broad SMARTS) is 1. The molecule has 0 radical (unpaired) electrons. The van der Waals surface area contributed by atoms with Gasteiger partial charge < -0.3 is 5.11 Å². The van der Waals surface area contributed by atoms with Gasteiger partial charge in [-0.2, -0.15) is 13.2 Å². The molecule has 0 amide bonds. The molecule has 2 nitrogen and oxygen atoms in total. The van der Waals surface area contributed by atoms with Gasteiger partial charge in [-0.1, -0.05) is 36.1 Å². The van der Waals surface area contributed by atoms with Crippen LogP contribution < -0.4 is 0 Å². The second kappa shape index (κ2) is 7.01. The fourth-order valence-corrected chi connectivity index (χ4v) is 1.98. The highest BCUT2D eigenvalue weighted by atomic mass is 19.4. The highest BCUT2D eigenvalue weighted by molar-refractivity contribution is 5.67. The number of benzene rings is 2. The fraction of sp³-hybridized carbons (Fsp3) is 0.167. The van der Waals surface area contributed by atoms with E-state index in [1.807, 2.05) is 0 Å². The molecule has 2 aromatic carbocycles. The van der Waals surface area contributed by atoms with E-state index < -0.39 is 17.7 Å². The van der Waals surface area contributed by atoms with Crippen LogP contribution in [0.3, 0.4) is 0 Å². The molecule has 1 N–H and O–H groups in total. The van der Waals surface area contributed by atoms with Gasteiger partial charge in [0.05, 0.1) is 5.56 Å². The van der Waals surface area contributed by atoms with Crippen LogP contribution in [0.15, 0.2) is 48.5 Å². The molecule has 2 rings (SSSR count). The van der Waals surface area contributed by atoms with Crippen LogP contribution in [0.1, 0.15) is 28.7 Å². The Hall–Kier alpha value is -2.74. The van der Waals surface area contributed by atoms with Crippen molar-refractivity contribution in [2.24, 2.45) is 0 Å². The standard InChI is InChI=1S/C18H13F3O2/c19-18(20,21)16-4-2-1-3-15(16)11-9-13-5-7-14(8-6-13)10-12-17(22)23/h1-8H,10,12H2,(H,22,23). The molecule has 118 valence electrons. The Bertz CT molecular complexity index is 750. The van der Waals surface area contributed by atoms with Gasteiger partial charge in [-0.15, -0.1) is 0 Å². The molecule has 0 fully saturated rings. The van der Waals surface area contributed by atoms with Gasteiger partial charge in [0.15, 0.2) is 0 Å². The van der Waals surface area contributed by atoms with Gasteiger partial charge in [0.2, 0.25) is 0 Å². The van der Waals surface area contributed by atoms with Crippen molar-refractivity contribution < 1.29 is 23.1 Å². The van der Waals surface area contributed by atoms with Crippen molar-refractivity contribution in [3.63, 3.8) is 0 Å². The first-order valence-electron chi connectivity index (χ1n) is 6.85. The molecule has 0 aliphatic rings. The number of halogens is 3. The quantitative estimate of drug-likeness (QED) is 0.864. The first kappa shape index (κ1) is 16.6. The van der Waals surface area contributed by atoms with Crippen molar-refractivity contribution in [3.05, 3.63) is 70.8 Å². The minimum Gasteiger partial charge on any atom is -0.481 e. The molecule has 0 unspecified atom stereocenters. The summed E-state index contributed by atoms with van der Waals surface area (Å²) in [6.45, 7) is 0. The van der Waals surface area contributed by atoms with Crippen LogP contribution in [-0.4, -0.2) is 11.1 Å². The van der Waals surface area contributed by atoms with Crippen molar-refractivity contribution in [1.82, 2.24) is 0 Å². The monoisotopic (exact) mass is 318 g/mol. The summed E-state index contributed by atoms with van der Waals surface area (Å²) in [5.41, 5.74) is 0.579. The average Bonchev–Trinajstić information content (AvgIpc) is 2.51. The molecule has 0 saturated heterocycles. The third-order valence-electron chi connectivity index (χ3n) is 3.16. The summed E-state index contributed by atoms with van der Waals surface area (Å²) in [5.74, 6) is 4.36. The Labute approximate surface area is 131 Å². The molecule has 0 heterocycles. The van der Waals surface area contributed by atoms with Crippen LogP contribution in [0.2, 0.25) is 0 Å². The summed E-state index contributed by atoms with van der Waals surface area (Å²) in [6, 6.07) is 11.9. The van der Waals surface area contributed by atoms with Crippen molar-refractivity contribution in [3.8, 4) is 11.8 Å². The second-order valence-corrected chi connectivity index (χ2v) is 4.88. The smallest absolute Gasteiger partial charge is 0.417 e. The van der Waals surface area contributed by atoms with Crippen molar-refractivity contribution >= 4 is 5.97 Å². The summed E-state index contributed by atoms with van der Waals surface area (Å²) < 4.78 is 38.6. The second-order valence-electron chi connectivity index (χ2n) is 4.88. The van der Waals surface area contributed by atoms with Gasteiger partial charge in [0, 0.05) is 17.5 Å². The van der Waals surface area contributed by atoms with E-state index in [0.29, 0.717) is 12.0 Å². The molecular formula is C18H13F3O2. The summed E-state index contributed by atoms with van der Waals surface area (Å²) in [7, 11) is 0. The average molecular weight is 318 g/mol. The van der Waals surface area contributed by atoms with E-state index in [2.05, 4.69) is 11.8 Å². The Morgan fingerprint density at radius 1 is 1.00 bits per heavy atom. The van der Waals surface area contributed by atoms with E-state index in [0.717, 1.165) is 11.6 Å². The van der Waals surface area contributed by atoms with Crippen LogP contribution in [0.5, 0.6) is 0 Å². The highest BCUT2D eigenvalue weighted by Crippen LogP contribution is 2.31. The van der Waals surface area contributed by atoms with Crippen LogP contribution in [0.4, 0.5) is 13.2 Å². The maximum atomic E-state index is 12.9. The van der Waals surface area contributed by atoms with E-state index >= 15 is 0 Å². The number of carboxylic acids is 1. The predicted octanol–water partition coefficient (Wildman–Crippen LogP) is 4.12. The first-order valence-corrected chi connectivity index (χ1v) is 6.85. The van der Waals surface area contributed by atoms with Gasteiger partial charge in [0.1, 0.15) is 0 Å². The number of hydrogen-bond acceptors (Lipinski definition) is 1. The highest BCUT2D eigenvalue weighted by Gasteiger charge is 2.32. The zero-order valence-electron chi connectivity index (χ0n) is 12.0. The molecule has 0 atom stereocenters. The number of aliphatic carboxylic acids is 1. The molecule has 0 saturated carbocycles. The molecule has 0 aliphatic heterocycles. The first-order chi connectivity index (χ1) is 10.9. The third kappa shape index (κ3) is 4.89. The van der Waals surface area contributed by atoms with Crippen LogP contribution in [-0.2, 0) is 17.4 Å². The summed E-state index contributed by atoms with van der Waals surface area (Å²) in [4.78, 5) is 10.5. The van der Waals surface area contributed by atoms with Crippen molar-refractivity contribution in [2.75, 3.05) is 0 Å². The zero-order valence-corrected chi connectivity index (χ0v) is 12.0. The van der Waals surface area contributed by atoms with Crippen LogP contribution in [0.25, 0.3) is 0 Å². The maximum absolute atomic E-state index is 12.9. The summed E-state index contributed by atoms with van der Waals surface area (Å²) in [6.07, 6.45) is -4.00. The molecule has 0 aromatic heterocycles. The lowest BCUT2D eigenvalue weighted by atomic mass is 10.1. The van der Waals surface area contributed by atoms with E-state index in [1.54, 1.807) is 24.3 Å². The van der Waals surface area contributed by atoms with E-state index in [4.69, 9.17) is 5.11 Å². The summed E-state index contributed by atoms with van der Waals surface area (Å²) >= 11 is 0. The van der Waals surface area contributed by atoms with Gasteiger partial charge in [-0.25, -0.2) is 0 Å². The molecule has 0 aliphatic carbocycles. The number of aryl methyl sites for hydroxylation is 1. The SMILES string of the molecule is O=C(O)CCc1ccc(C#Cc2ccccc2C(F)(F)F)cc1. The Kier molecular flexibility index (Phi) is 5.07. The van der Waals surface area contributed by atoms with Gasteiger partial charge in [-0.3, -0.25) is 4.79 Å². The zero-order chi connectivity index (χ0) is 16.9. The lowest BCUT2D eigenvalue weighted by molar-refractivity contribution is -0.138.